The fourth-order valence-electron chi connectivity index (χ4n) is 4.18. The average Bonchev–Trinajstić information content (AvgIpc) is 2.96. The Morgan fingerprint density at radius 3 is 2.25 bits per heavy atom. The van der Waals surface area contributed by atoms with Gasteiger partial charge in [-0.3, -0.25) is 9.69 Å². The molecule has 2 aliphatic heterocycles. The highest BCUT2D eigenvalue weighted by molar-refractivity contribution is 5.82. The van der Waals surface area contributed by atoms with Gasteiger partial charge in [0.25, 0.3) is 0 Å². The molecule has 4 atom stereocenters. The molecular weight excluding hydrogens is 302 g/mol. The van der Waals surface area contributed by atoms with E-state index < -0.39 is 0 Å². The van der Waals surface area contributed by atoms with Crippen molar-refractivity contribution in [2.75, 3.05) is 39.3 Å². The van der Waals surface area contributed by atoms with Crippen LogP contribution in [0.5, 0.6) is 0 Å². The molecule has 0 saturated carbocycles. The Labute approximate surface area is 148 Å². The minimum atomic E-state index is -0.0576. The maximum absolute atomic E-state index is 12.8. The molecule has 0 spiro atoms. The summed E-state index contributed by atoms with van der Waals surface area (Å²) in [5.41, 5.74) is 0. The molecule has 5 heteroatoms. The maximum Gasteiger partial charge on any atom is 0.237 e. The van der Waals surface area contributed by atoms with Crippen LogP contribution in [0.25, 0.3) is 0 Å². The van der Waals surface area contributed by atoms with Gasteiger partial charge in [0.1, 0.15) is 0 Å². The molecule has 140 valence electrons. The first-order valence-corrected chi connectivity index (χ1v) is 9.76. The third-order valence-electron chi connectivity index (χ3n) is 5.13. The summed E-state index contributed by atoms with van der Waals surface area (Å²) in [6.45, 7) is 16.7. The van der Waals surface area contributed by atoms with Crippen LogP contribution in [-0.2, 0) is 9.53 Å². The van der Waals surface area contributed by atoms with Gasteiger partial charge < -0.3 is 15.0 Å². The van der Waals surface area contributed by atoms with Gasteiger partial charge in [0.15, 0.2) is 0 Å². The molecule has 0 aromatic carbocycles. The van der Waals surface area contributed by atoms with Gasteiger partial charge >= 0.3 is 0 Å². The smallest absolute Gasteiger partial charge is 0.237 e. The van der Waals surface area contributed by atoms with E-state index in [-0.39, 0.29) is 24.2 Å². The molecule has 0 aromatic heterocycles. The van der Waals surface area contributed by atoms with Crippen LogP contribution in [-0.4, -0.2) is 73.2 Å². The number of rotatable bonds is 7. The summed E-state index contributed by atoms with van der Waals surface area (Å²) in [6.07, 6.45) is 3.03. The van der Waals surface area contributed by atoms with Crippen LogP contribution in [0.15, 0.2) is 0 Å². The lowest BCUT2D eigenvalue weighted by atomic mass is 9.99. The zero-order valence-corrected chi connectivity index (χ0v) is 16.3. The van der Waals surface area contributed by atoms with E-state index in [2.05, 4.69) is 49.7 Å². The number of carbonyl (C=O) groups excluding carboxylic acids is 1. The Bertz CT molecular complexity index is 386. The van der Waals surface area contributed by atoms with Gasteiger partial charge in [-0.25, -0.2) is 0 Å². The lowest BCUT2D eigenvalue weighted by molar-refractivity contribution is -0.135. The predicted molar refractivity (Wildman–Crippen MR) is 98.1 cm³/mol. The minimum Gasteiger partial charge on any atom is -0.373 e. The second-order valence-electron chi connectivity index (χ2n) is 8.26. The first-order chi connectivity index (χ1) is 11.4. The highest BCUT2D eigenvalue weighted by Gasteiger charge is 2.34. The van der Waals surface area contributed by atoms with Gasteiger partial charge in [-0.15, -0.1) is 0 Å². The standard InChI is InChI=1S/C19H37N3O2/c1-14(2)18(22-12-16(4)24-17(5)13-22)19(23)20-10-15(3)11-21-8-6-7-9-21/h14-18H,6-13H2,1-5H3,(H,20,23). The number of nitrogens with one attached hydrogen (secondary N) is 1. The van der Waals surface area contributed by atoms with Crippen molar-refractivity contribution in [3.8, 4) is 0 Å². The van der Waals surface area contributed by atoms with E-state index in [1.54, 1.807) is 0 Å². The highest BCUT2D eigenvalue weighted by Crippen LogP contribution is 2.19. The molecule has 0 aliphatic carbocycles. The van der Waals surface area contributed by atoms with Crippen LogP contribution in [0.4, 0.5) is 0 Å². The van der Waals surface area contributed by atoms with Crippen molar-refractivity contribution in [3.63, 3.8) is 0 Å². The van der Waals surface area contributed by atoms with Gasteiger partial charge in [0.2, 0.25) is 5.91 Å². The van der Waals surface area contributed by atoms with Gasteiger partial charge in [-0.1, -0.05) is 20.8 Å². The normalized spacial score (nSPS) is 28.9. The summed E-state index contributed by atoms with van der Waals surface area (Å²) in [7, 11) is 0. The number of ether oxygens (including phenoxy) is 1. The van der Waals surface area contributed by atoms with E-state index in [0.29, 0.717) is 11.8 Å². The summed E-state index contributed by atoms with van der Waals surface area (Å²) >= 11 is 0. The van der Waals surface area contributed by atoms with E-state index in [9.17, 15) is 4.79 Å². The Kier molecular flexibility index (Phi) is 7.51. The molecule has 2 fully saturated rings. The van der Waals surface area contributed by atoms with Crippen molar-refractivity contribution in [1.82, 2.24) is 15.1 Å². The van der Waals surface area contributed by atoms with Crippen LogP contribution >= 0.6 is 0 Å². The Balaban J connectivity index is 1.84. The molecule has 1 N–H and O–H groups in total. The first-order valence-electron chi connectivity index (χ1n) is 9.76. The molecule has 2 saturated heterocycles. The number of nitrogens with zero attached hydrogens (tertiary/aromatic N) is 2. The zero-order chi connectivity index (χ0) is 17.7. The molecule has 1 amide bonds. The molecule has 0 radical (unpaired) electrons. The molecule has 24 heavy (non-hydrogen) atoms. The Morgan fingerprint density at radius 1 is 1.12 bits per heavy atom. The monoisotopic (exact) mass is 339 g/mol. The second-order valence-corrected chi connectivity index (χ2v) is 8.26. The summed E-state index contributed by atoms with van der Waals surface area (Å²) in [6, 6.07) is -0.0576. The predicted octanol–water partition coefficient (Wildman–Crippen LogP) is 1.97. The fourth-order valence-corrected chi connectivity index (χ4v) is 4.18. The van der Waals surface area contributed by atoms with Crippen LogP contribution in [0, 0.1) is 11.8 Å². The zero-order valence-electron chi connectivity index (χ0n) is 16.3. The molecule has 2 rings (SSSR count). The molecule has 2 heterocycles. The van der Waals surface area contributed by atoms with Crippen LogP contribution in [0.1, 0.15) is 47.5 Å². The first kappa shape index (κ1) is 19.7. The van der Waals surface area contributed by atoms with Crippen molar-refractivity contribution >= 4 is 5.91 Å². The van der Waals surface area contributed by atoms with Crippen molar-refractivity contribution in [1.29, 1.82) is 0 Å². The molecule has 0 bridgehead atoms. The highest BCUT2D eigenvalue weighted by atomic mass is 16.5. The number of likely N-dealkylation sites (tertiary alicyclic amines) is 1. The number of morpholine rings is 1. The Hall–Kier alpha value is -0.650. The average molecular weight is 340 g/mol. The van der Waals surface area contributed by atoms with Crippen molar-refractivity contribution in [2.45, 2.75) is 65.7 Å². The van der Waals surface area contributed by atoms with Crippen molar-refractivity contribution < 1.29 is 9.53 Å². The van der Waals surface area contributed by atoms with Crippen LogP contribution in [0.3, 0.4) is 0 Å². The van der Waals surface area contributed by atoms with Crippen molar-refractivity contribution in [3.05, 3.63) is 0 Å². The Morgan fingerprint density at radius 2 is 1.71 bits per heavy atom. The topological polar surface area (TPSA) is 44.8 Å². The van der Waals surface area contributed by atoms with E-state index in [1.807, 2.05) is 0 Å². The van der Waals surface area contributed by atoms with Crippen molar-refractivity contribution in [2.24, 2.45) is 11.8 Å². The number of amides is 1. The van der Waals surface area contributed by atoms with Crippen LogP contribution < -0.4 is 5.32 Å². The quantitative estimate of drug-likeness (QED) is 0.770. The molecular formula is C19H37N3O2. The van der Waals surface area contributed by atoms with Gasteiger partial charge in [-0.2, -0.15) is 0 Å². The third kappa shape index (κ3) is 5.71. The van der Waals surface area contributed by atoms with Gasteiger partial charge in [-0.05, 0) is 51.6 Å². The van der Waals surface area contributed by atoms with E-state index in [4.69, 9.17) is 4.74 Å². The fraction of sp³-hybridized carbons (Fsp3) is 0.947. The molecule has 4 unspecified atom stereocenters. The molecule has 2 aliphatic rings. The van der Waals surface area contributed by atoms with E-state index >= 15 is 0 Å². The summed E-state index contributed by atoms with van der Waals surface area (Å²) in [5, 5.41) is 3.22. The van der Waals surface area contributed by atoms with E-state index in [1.165, 1.54) is 25.9 Å². The SMILES string of the molecule is CC(CNC(=O)C(C(C)C)N1CC(C)OC(C)C1)CN1CCCC1. The van der Waals surface area contributed by atoms with E-state index in [0.717, 1.165) is 26.2 Å². The maximum atomic E-state index is 12.8. The largest absolute Gasteiger partial charge is 0.373 e. The molecule has 5 nitrogen and oxygen atoms in total. The minimum absolute atomic E-state index is 0.0576. The number of hydrogen-bond donors (Lipinski definition) is 1. The second kappa shape index (κ2) is 9.16. The number of carbonyl (C=O) groups is 1. The lowest BCUT2D eigenvalue weighted by Gasteiger charge is -2.41. The summed E-state index contributed by atoms with van der Waals surface area (Å²) < 4.78 is 5.82. The van der Waals surface area contributed by atoms with Crippen LogP contribution in [0.2, 0.25) is 0 Å². The van der Waals surface area contributed by atoms with Gasteiger partial charge in [0.05, 0.1) is 18.2 Å². The summed E-state index contributed by atoms with van der Waals surface area (Å²) in [5.74, 6) is 0.985. The molecule has 0 aromatic rings. The summed E-state index contributed by atoms with van der Waals surface area (Å²) in [4.78, 5) is 17.7. The third-order valence-corrected chi connectivity index (χ3v) is 5.13. The number of hydrogen-bond acceptors (Lipinski definition) is 4. The lowest BCUT2D eigenvalue weighted by Crippen LogP contribution is -2.57. The van der Waals surface area contributed by atoms with Gasteiger partial charge in [0, 0.05) is 26.2 Å².